The van der Waals surface area contributed by atoms with Gasteiger partial charge in [-0.1, -0.05) is 0 Å². The van der Waals surface area contributed by atoms with E-state index in [1.54, 1.807) is 13.3 Å². The first-order valence-corrected chi connectivity index (χ1v) is 5.15. The highest BCUT2D eigenvalue weighted by Gasteiger charge is 2.27. The van der Waals surface area contributed by atoms with E-state index in [-0.39, 0.29) is 0 Å². The smallest absolute Gasteiger partial charge is 0.128 e. The number of anilines is 1. The van der Waals surface area contributed by atoms with Crippen molar-refractivity contribution in [3.63, 3.8) is 0 Å². The Hall–Kier alpha value is -0.800. The van der Waals surface area contributed by atoms with E-state index in [2.05, 4.69) is 9.88 Å². The van der Waals surface area contributed by atoms with Crippen molar-refractivity contribution in [1.29, 1.82) is 0 Å². The van der Waals surface area contributed by atoms with Crippen LogP contribution in [-0.2, 0) is 10.6 Å². The summed E-state index contributed by atoms with van der Waals surface area (Å²) in [5, 5.41) is 0. The third-order valence-corrected chi connectivity index (χ3v) is 2.78. The van der Waals surface area contributed by atoms with Crippen LogP contribution in [0.2, 0.25) is 0 Å². The van der Waals surface area contributed by atoms with Crippen LogP contribution in [0.25, 0.3) is 0 Å². The molecule has 3 nitrogen and oxygen atoms in total. The Labute approximate surface area is 88.6 Å². The minimum Gasteiger partial charge on any atom is -0.378 e. The average molecular weight is 213 g/mol. The van der Waals surface area contributed by atoms with Gasteiger partial charge in [-0.2, -0.15) is 0 Å². The fourth-order valence-electron chi connectivity index (χ4n) is 1.49. The van der Waals surface area contributed by atoms with Gasteiger partial charge >= 0.3 is 0 Å². The van der Waals surface area contributed by atoms with E-state index in [9.17, 15) is 0 Å². The first-order valence-electron chi connectivity index (χ1n) is 4.62. The third-order valence-electron chi connectivity index (χ3n) is 2.47. The lowest BCUT2D eigenvalue weighted by atomic mass is 10.1. The zero-order valence-electron chi connectivity index (χ0n) is 8.11. The molecule has 2 heterocycles. The maximum Gasteiger partial charge on any atom is 0.128 e. The summed E-state index contributed by atoms with van der Waals surface area (Å²) in [5.74, 6) is 1.54. The highest BCUT2D eigenvalue weighted by Crippen LogP contribution is 2.21. The van der Waals surface area contributed by atoms with Gasteiger partial charge in [0.05, 0.1) is 6.10 Å². The first kappa shape index (κ1) is 9.74. The van der Waals surface area contributed by atoms with Gasteiger partial charge in [0, 0.05) is 32.3 Å². The van der Waals surface area contributed by atoms with Crippen molar-refractivity contribution in [1.82, 2.24) is 4.98 Å². The fourth-order valence-corrected chi connectivity index (χ4v) is 1.66. The lowest BCUT2D eigenvalue weighted by Crippen LogP contribution is -2.52. The summed E-state index contributed by atoms with van der Waals surface area (Å²) >= 11 is 5.75. The molecule has 14 heavy (non-hydrogen) atoms. The normalized spacial score (nSPS) is 16.9. The zero-order valence-corrected chi connectivity index (χ0v) is 8.87. The number of rotatable bonds is 3. The third kappa shape index (κ3) is 1.83. The van der Waals surface area contributed by atoms with E-state index >= 15 is 0 Å². The molecule has 0 unspecified atom stereocenters. The molecule has 0 bridgehead atoms. The lowest BCUT2D eigenvalue weighted by molar-refractivity contribution is 0.0783. The van der Waals surface area contributed by atoms with E-state index in [0.29, 0.717) is 12.0 Å². The summed E-state index contributed by atoms with van der Waals surface area (Å²) in [4.78, 5) is 6.47. The Morgan fingerprint density at radius 3 is 3.07 bits per heavy atom. The maximum absolute atomic E-state index is 5.75. The molecule has 4 heteroatoms. The van der Waals surface area contributed by atoms with Crippen molar-refractivity contribution in [2.45, 2.75) is 12.0 Å². The predicted octanol–water partition coefficient (Wildman–Crippen LogP) is 1.66. The summed E-state index contributed by atoms with van der Waals surface area (Å²) in [5.41, 5.74) is 1.11. The molecule has 1 aromatic rings. The highest BCUT2D eigenvalue weighted by atomic mass is 35.5. The molecule has 0 spiro atoms. The van der Waals surface area contributed by atoms with E-state index in [1.165, 1.54) is 0 Å². The number of halogens is 1. The van der Waals surface area contributed by atoms with Gasteiger partial charge in [-0.3, -0.25) is 0 Å². The minimum atomic E-state index is 0.358. The number of alkyl halides is 1. The topological polar surface area (TPSA) is 25.4 Å². The van der Waals surface area contributed by atoms with Gasteiger partial charge in [-0.15, -0.1) is 11.6 Å². The largest absolute Gasteiger partial charge is 0.378 e. The summed E-state index contributed by atoms with van der Waals surface area (Å²) in [6, 6.07) is 3.96. The van der Waals surface area contributed by atoms with Gasteiger partial charge in [0.1, 0.15) is 5.82 Å². The first-order chi connectivity index (χ1) is 6.83. The molecule has 0 atom stereocenters. The molecule has 1 aromatic heterocycles. The number of aromatic nitrogens is 1. The van der Waals surface area contributed by atoms with Crippen LogP contribution in [0.1, 0.15) is 5.56 Å². The van der Waals surface area contributed by atoms with Crippen LogP contribution in [0.5, 0.6) is 0 Å². The van der Waals surface area contributed by atoms with Crippen LogP contribution in [0.15, 0.2) is 18.3 Å². The Morgan fingerprint density at radius 2 is 2.43 bits per heavy atom. The summed E-state index contributed by atoms with van der Waals surface area (Å²) in [6.45, 7) is 1.85. The molecule has 0 aliphatic carbocycles. The number of methoxy groups -OCH3 is 1. The molecule has 0 radical (unpaired) electrons. The maximum atomic E-state index is 5.75. The van der Waals surface area contributed by atoms with E-state index in [0.717, 1.165) is 24.5 Å². The minimum absolute atomic E-state index is 0.358. The molecular weight excluding hydrogens is 200 g/mol. The van der Waals surface area contributed by atoms with Gasteiger partial charge in [0.2, 0.25) is 0 Å². The molecule has 2 rings (SSSR count). The molecular formula is C10H13ClN2O. The van der Waals surface area contributed by atoms with Gasteiger partial charge in [-0.25, -0.2) is 4.98 Å². The van der Waals surface area contributed by atoms with Crippen molar-refractivity contribution < 1.29 is 4.74 Å². The second-order valence-electron chi connectivity index (χ2n) is 3.42. The Morgan fingerprint density at radius 1 is 1.64 bits per heavy atom. The number of hydrogen-bond donors (Lipinski definition) is 0. The van der Waals surface area contributed by atoms with Gasteiger partial charge < -0.3 is 9.64 Å². The molecule has 1 aliphatic rings. The quantitative estimate of drug-likeness (QED) is 0.713. The molecule has 0 aromatic carbocycles. The zero-order chi connectivity index (χ0) is 9.97. The van der Waals surface area contributed by atoms with E-state index in [4.69, 9.17) is 16.3 Å². The predicted molar refractivity (Wildman–Crippen MR) is 56.8 cm³/mol. The van der Waals surface area contributed by atoms with Crippen molar-refractivity contribution in [3.05, 3.63) is 23.9 Å². The fraction of sp³-hybridized carbons (Fsp3) is 0.500. The van der Waals surface area contributed by atoms with Crippen LogP contribution in [0.4, 0.5) is 5.82 Å². The summed E-state index contributed by atoms with van der Waals surface area (Å²) in [6.07, 6.45) is 2.16. The summed E-state index contributed by atoms with van der Waals surface area (Å²) in [7, 11) is 1.74. The number of nitrogens with zero attached hydrogens (tertiary/aromatic N) is 2. The molecule has 1 aliphatic heterocycles. The van der Waals surface area contributed by atoms with Crippen LogP contribution in [0.3, 0.4) is 0 Å². The van der Waals surface area contributed by atoms with Crippen LogP contribution < -0.4 is 4.90 Å². The SMILES string of the molecule is COC1CN(c2cc(CCl)ccn2)C1. The van der Waals surface area contributed by atoms with Gasteiger partial charge in [0.15, 0.2) is 0 Å². The standard InChI is InChI=1S/C10H13ClN2O/c1-14-9-6-13(7-9)10-4-8(5-11)2-3-12-10/h2-4,9H,5-7H2,1H3. The van der Waals surface area contributed by atoms with Crippen molar-refractivity contribution in [2.24, 2.45) is 0 Å². The van der Waals surface area contributed by atoms with Crippen LogP contribution in [-0.4, -0.2) is 31.3 Å². The second kappa shape index (κ2) is 4.15. The molecule has 1 fully saturated rings. The van der Waals surface area contributed by atoms with Gasteiger partial charge in [0.25, 0.3) is 0 Å². The molecule has 0 amide bonds. The molecule has 0 N–H and O–H groups in total. The average Bonchev–Trinajstić information content (AvgIpc) is 2.17. The Balaban J connectivity index is 2.03. The highest BCUT2D eigenvalue weighted by molar-refractivity contribution is 6.17. The Bertz CT molecular complexity index is 313. The van der Waals surface area contributed by atoms with E-state index in [1.807, 2.05) is 12.1 Å². The Kier molecular flexibility index (Phi) is 2.89. The molecule has 1 saturated heterocycles. The van der Waals surface area contributed by atoms with Crippen LogP contribution >= 0.6 is 11.6 Å². The van der Waals surface area contributed by atoms with E-state index < -0.39 is 0 Å². The van der Waals surface area contributed by atoms with Gasteiger partial charge in [-0.05, 0) is 17.7 Å². The second-order valence-corrected chi connectivity index (χ2v) is 3.69. The number of pyridine rings is 1. The van der Waals surface area contributed by atoms with Crippen LogP contribution in [0, 0.1) is 0 Å². The monoisotopic (exact) mass is 212 g/mol. The number of hydrogen-bond acceptors (Lipinski definition) is 3. The van der Waals surface area contributed by atoms with Crippen molar-refractivity contribution in [2.75, 3.05) is 25.1 Å². The van der Waals surface area contributed by atoms with Crippen molar-refractivity contribution >= 4 is 17.4 Å². The lowest BCUT2D eigenvalue weighted by Gasteiger charge is -2.39. The summed E-state index contributed by atoms with van der Waals surface area (Å²) < 4.78 is 5.20. The molecule has 76 valence electrons. The molecule has 0 saturated carbocycles. The van der Waals surface area contributed by atoms with Crippen molar-refractivity contribution in [3.8, 4) is 0 Å². The number of ether oxygens (including phenoxy) is 1.